The maximum Gasteiger partial charge on any atom is 0.222 e. The first-order valence-electron chi connectivity index (χ1n) is 9.77. The third-order valence-corrected chi connectivity index (χ3v) is 4.98. The third kappa shape index (κ3) is 5.41. The number of carbonyl (C=O) groups excluding carboxylic acids is 1. The highest BCUT2D eigenvalue weighted by Crippen LogP contribution is 2.27. The third-order valence-electron chi connectivity index (χ3n) is 4.98. The molecular formula is C24H28N2O3. The summed E-state index contributed by atoms with van der Waals surface area (Å²) in [6.45, 7) is 2.64. The van der Waals surface area contributed by atoms with E-state index in [1.165, 1.54) is 5.56 Å². The Balaban J connectivity index is 1.61. The Morgan fingerprint density at radius 3 is 2.45 bits per heavy atom. The largest absolute Gasteiger partial charge is 0.493 e. The number of aryl methyl sites for hydroxylation is 1. The van der Waals surface area contributed by atoms with Gasteiger partial charge in [-0.15, -0.1) is 0 Å². The van der Waals surface area contributed by atoms with Gasteiger partial charge in [0.05, 0.1) is 26.7 Å². The smallest absolute Gasteiger partial charge is 0.222 e. The lowest BCUT2D eigenvalue weighted by atomic mass is 10.0. The molecule has 3 rings (SSSR count). The molecule has 1 aromatic heterocycles. The fraction of sp³-hybridized carbons (Fsp3) is 0.292. The number of aromatic nitrogens is 1. The molecule has 152 valence electrons. The average molecular weight is 392 g/mol. The molecule has 5 heteroatoms. The van der Waals surface area contributed by atoms with Gasteiger partial charge in [-0.1, -0.05) is 35.9 Å². The minimum absolute atomic E-state index is 0.0222. The van der Waals surface area contributed by atoms with Gasteiger partial charge >= 0.3 is 0 Å². The van der Waals surface area contributed by atoms with Crippen LogP contribution in [0.15, 0.2) is 67.0 Å². The van der Waals surface area contributed by atoms with Crippen LogP contribution in [0.5, 0.6) is 11.5 Å². The van der Waals surface area contributed by atoms with Crippen molar-refractivity contribution < 1.29 is 14.3 Å². The molecule has 2 aromatic carbocycles. The van der Waals surface area contributed by atoms with Crippen molar-refractivity contribution in [1.29, 1.82) is 0 Å². The van der Waals surface area contributed by atoms with Gasteiger partial charge in [0.1, 0.15) is 0 Å². The number of methoxy groups -OCH3 is 2. The van der Waals surface area contributed by atoms with E-state index in [0.29, 0.717) is 24.5 Å². The van der Waals surface area contributed by atoms with E-state index in [4.69, 9.17) is 9.47 Å². The number of amides is 1. The summed E-state index contributed by atoms with van der Waals surface area (Å²) >= 11 is 0. The van der Waals surface area contributed by atoms with Crippen LogP contribution in [-0.4, -0.2) is 31.2 Å². The van der Waals surface area contributed by atoms with Crippen LogP contribution in [0.4, 0.5) is 0 Å². The standard InChI is InChI=1S/C24H28N2O3/c1-18-7-6-8-20(15-18)21(26-13-4-5-14-26)17-24(27)25-12-11-19-9-10-22(28-2)23(16-19)29-3/h4-10,13-16,21H,11-12,17H2,1-3H3,(H,25,27)/t21-/m1/s1. The van der Waals surface area contributed by atoms with Crippen LogP contribution in [0.1, 0.15) is 29.2 Å². The molecule has 5 nitrogen and oxygen atoms in total. The Morgan fingerprint density at radius 2 is 1.76 bits per heavy atom. The summed E-state index contributed by atoms with van der Waals surface area (Å²) in [5, 5.41) is 3.05. The van der Waals surface area contributed by atoms with Gasteiger partial charge in [0.25, 0.3) is 0 Å². The van der Waals surface area contributed by atoms with Crippen molar-refractivity contribution in [2.24, 2.45) is 0 Å². The second kappa shape index (κ2) is 9.82. The first-order valence-corrected chi connectivity index (χ1v) is 9.77. The van der Waals surface area contributed by atoms with Gasteiger partial charge in [-0.25, -0.2) is 0 Å². The van der Waals surface area contributed by atoms with Crippen LogP contribution in [-0.2, 0) is 11.2 Å². The van der Waals surface area contributed by atoms with Gasteiger partial charge in [0, 0.05) is 18.9 Å². The van der Waals surface area contributed by atoms with E-state index < -0.39 is 0 Å². The summed E-state index contributed by atoms with van der Waals surface area (Å²) in [4.78, 5) is 12.7. The highest BCUT2D eigenvalue weighted by atomic mass is 16.5. The van der Waals surface area contributed by atoms with Crippen LogP contribution >= 0.6 is 0 Å². The van der Waals surface area contributed by atoms with Gasteiger partial charge in [0.2, 0.25) is 5.91 Å². The van der Waals surface area contributed by atoms with Crippen LogP contribution in [0.25, 0.3) is 0 Å². The number of hydrogen-bond acceptors (Lipinski definition) is 3. The number of benzene rings is 2. The average Bonchev–Trinajstić information content (AvgIpc) is 3.26. The Hall–Kier alpha value is -3.21. The Labute approximate surface area is 172 Å². The molecule has 1 heterocycles. The molecule has 0 aliphatic rings. The lowest BCUT2D eigenvalue weighted by molar-refractivity contribution is -0.121. The number of nitrogens with one attached hydrogen (secondary N) is 1. The predicted octanol–water partition coefficient (Wildman–Crippen LogP) is 4.15. The van der Waals surface area contributed by atoms with E-state index in [1.807, 2.05) is 48.8 Å². The topological polar surface area (TPSA) is 52.5 Å². The van der Waals surface area contributed by atoms with Crippen LogP contribution < -0.4 is 14.8 Å². The Morgan fingerprint density at radius 1 is 1.00 bits per heavy atom. The maximum absolute atomic E-state index is 12.7. The molecule has 0 aliphatic carbocycles. The summed E-state index contributed by atoms with van der Waals surface area (Å²) in [6, 6.07) is 18.1. The number of ether oxygens (including phenoxy) is 2. The molecule has 1 N–H and O–H groups in total. The fourth-order valence-electron chi connectivity index (χ4n) is 3.46. The highest BCUT2D eigenvalue weighted by Gasteiger charge is 2.17. The Kier molecular flexibility index (Phi) is 6.95. The molecule has 3 aromatic rings. The van der Waals surface area contributed by atoms with E-state index in [9.17, 15) is 4.79 Å². The summed E-state index contributed by atoms with van der Waals surface area (Å²) in [5.74, 6) is 1.43. The maximum atomic E-state index is 12.7. The van der Waals surface area contributed by atoms with Crippen molar-refractivity contribution in [1.82, 2.24) is 9.88 Å². The summed E-state index contributed by atoms with van der Waals surface area (Å²) < 4.78 is 12.7. The van der Waals surface area contributed by atoms with Crippen molar-refractivity contribution in [3.8, 4) is 11.5 Å². The monoisotopic (exact) mass is 392 g/mol. The van der Waals surface area contributed by atoms with Crippen molar-refractivity contribution in [2.75, 3.05) is 20.8 Å². The molecule has 0 fully saturated rings. The normalized spacial score (nSPS) is 11.7. The summed E-state index contributed by atoms with van der Waals surface area (Å²) in [5.41, 5.74) is 3.41. The van der Waals surface area contributed by atoms with E-state index in [1.54, 1.807) is 14.2 Å². The van der Waals surface area contributed by atoms with Crippen LogP contribution in [0.3, 0.4) is 0 Å². The summed E-state index contributed by atoms with van der Waals surface area (Å²) in [6.07, 6.45) is 5.13. The fourth-order valence-corrected chi connectivity index (χ4v) is 3.46. The minimum atomic E-state index is -0.0222. The van der Waals surface area contributed by atoms with Crippen molar-refractivity contribution in [3.63, 3.8) is 0 Å². The molecule has 29 heavy (non-hydrogen) atoms. The van der Waals surface area contributed by atoms with Crippen LogP contribution in [0.2, 0.25) is 0 Å². The lowest BCUT2D eigenvalue weighted by Gasteiger charge is -2.20. The zero-order valence-corrected chi connectivity index (χ0v) is 17.2. The van der Waals surface area contributed by atoms with E-state index in [2.05, 4.69) is 35.0 Å². The molecule has 0 unspecified atom stereocenters. The van der Waals surface area contributed by atoms with Gasteiger partial charge in [-0.05, 0) is 48.7 Å². The zero-order valence-electron chi connectivity index (χ0n) is 17.2. The summed E-state index contributed by atoms with van der Waals surface area (Å²) in [7, 11) is 3.24. The first-order chi connectivity index (χ1) is 14.1. The second-order valence-electron chi connectivity index (χ2n) is 7.05. The molecule has 1 atom stereocenters. The second-order valence-corrected chi connectivity index (χ2v) is 7.05. The van der Waals surface area contributed by atoms with Gasteiger partial charge < -0.3 is 19.4 Å². The lowest BCUT2D eigenvalue weighted by Crippen LogP contribution is -2.28. The molecule has 0 bridgehead atoms. The molecular weight excluding hydrogens is 364 g/mol. The van der Waals surface area contributed by atoms with Crippen molar-refractivity contribution >= 4 is 5.91 Å². The van der Waals surface area contributed by atoms with Gasteiger partial charge in [-0.3, -0.25) is 4.79 Å². The molecule has 0 aliphatic heterocycles. The molecule has 0 saturated heterocycles. The van der Waals surface area contributed by atoms with Crippen molar-refractivity contribution in [2.45, 2.75) is 25.8 Å². The number of carbonyl (C=O) groups is 1. The van der Waals surface area contributed by atoms with Gasteiger partial charge in [0.15, 0.2) is 11.5 Å². The quantitative estimate of drug-likeness (QED) is 0.595. The first kappa shape index (κ1) is 20.5. The van der Waals surface area contributed by atoms with Crippen LogP contribution in [0, 0.1) is 6.92 Å². The Bertz CT molecular complexity index is 935. The van der Waals surface area contributed by atoms with Crippen molar-refractivity contribution in [3.05, 3.63) is 83.7 Å². The van der Waals surface area contributed by atoms with E-state index in [0.717, 1.165) is 17.5 Å². The minimum Gasteiger partial charge on any atom is -0.493 e. The predicted molar refractivity (Wildman–Crippen MR) is 115 cm³/mol. The van der Waals surface area contributed by atoms with E-state index >= 15 is 0 Å². The molecule has 0 saturated carbocycles. The SMILES string of the molecule is COc1ccc(CCNC(=O)C[C@H](c2cccc(C)c2)n2cccc2)cc1OC. The molecule has 0 radical (unpaired) electrons. The highest BCUT2D eigenvalue weighted by molar-refractivity contribution is 5.76. The van der Waals surface area contributed by atoms with Gasteiger partial charge in [-0.2, -0.15) is 0 Å². The number of nitrogens with zero attached hydrogens (tertiary/aromatic N) is 1. The molecule has 0 spiro atoms. The molecule has 1 amide bonds. The zero-order chi connectivity index (χ0) is 20.6. The number of rotatable bonds is 9. The number of hydrogen-bond donors (Lipinski definition) is 1. The van der Waals surface area contributed by atoms with E-state index in [-0.39, 0.29) is 11.9 Å².